The van der Waals surface area contributed by atoms with Crippen LogP contribution in [-0.2, 0) is 11.2 Å². The second-order valence-corrected chi connectivity index (χ2v) is 6.78. The van der Waals surface area contributed by atoms with E-state index in [1.165, 1.54) is 37.7 Å². The van der Waals surface area contributed by atoms with Crippen molar-refractivity contribution in [2.24, 2.45) is 0 Å². The molecule has 2 aliphatic rings. The van der Waals surface area contributed by atoms with E-state index >= 15 is 0 Å². The van der Waals surface area contributed by atoms with E-state index in [0.717, 1.165) is 23.9 Å². The molecule has 0 spiro atoms. The molecular formula is C16H21NOS. The van der Waals surface area contributed by atoms with Crippen LogP contribution in [0.5, 0.6) is 0 Å². The molecule has 1 heterocycles. The van der Waals surface area contributed by atoms with Crippen LogP contribution in [0.25, 0.3) is 0 Å². The molecule has 2 nitrogen and oxygen atoms in total. The zero-order chi connectivity index (χ0) is 13.1. The van der Waals surface area contributed by atoms with Crippen LogP contribution in [0.15, 0.2) is 24.3 Å². The molecule has 0 atom stereocenters. The van der Waals surface area contributed by atoms with Crippen LogP contribution >= 0.6 is 11.8 Å². The highest BCUT2D eigenvalue weighted by Crippen LogP contribution is 2.31. The van der Waals surface area contributed by atoms with Gasteiger partial charge in [0.25, 0.3) is 0 Å². The van der Waals surface area contributed by atoms with Gasteiger partial charge in [-0.05, 0) is 30.9 Å². The third-order valence-electron chi connectivity index (χ3n) is 4.18. The molecule has 1 aliphatic carbocycles. The molecule has 1 fully saturated rings. The Morgan fingerprint density at radius 3 is 2.84 bits per heavy atom. The highest BCUT2D eigenvalue weighted by molar-refractivity contribution is 8.00. The molecule has 0 saturated heterocycles. The van der Waals surface area contributed by atoms with Gasteiger partial charge in [-0.2, -0.15) is 0 Å². The van der Waals surface area contributed by atoms with Gasteiger partial charge in [0, 0.05) is 17.5 Å². The quantitative estimate of drug-likeness (QED) is 0.839. The number of thioether (sulfide) groups is 1. The van der Waals surface area contributed by atoms with Crippen LogP contribution in [0, 0.1) is 0 Å². The molecule has 0 aromatic heterocycles. The topological polar surface area (TPSA) is 20.3 Å². The summed E-state index contributed by atoms with van der Waals surface area (Å²) in [4.78, 5) is 14.3. The molecule has 19 heavy (non-hydrogen) atoms. The first-order valence-corrected chi connectivity index (χ1v) is 8.39. The van der Waals surface area contributed by atoms with Crippen molar-refractivity contribution in [3.63, 3.8) is 0 Å². The number of hydrogen-bond donors (Lipinski definition) is 0. The van der Waals surface area contributed by atoms with Crippen molar-refractivity contribution in [2.75, 3.05) is 17.2 Å². The molecule has 102 valence electrons. The van der Waals surface area contributed by atoms with Crippen LogP contribution < -0.4 is 4.90 Å². The van der Waals surface area contributed by atoms with Crippen molar-refractivity contribution in [3.8, 4) is 0 Å². The number of amides is 1. The Bertz CT molecular complexity index is 454. The lowest BCUT2D eigenvalue weighted by Gasteiger charge is -2.22. The van der Waals surface area contributed by atoms with Gasteiger partial charge in [-0.1, -0.05) is 37.5 Å². The first-order valence-electron chi connectivity index (χ1n) is 7.34. The molecule has 1 amide bonds. The molecule has 1 aromatic rings. The molecule has 1 saturated carbocycles. The summed E-state index contributed by atoms with van der Waals surface area (Å²) >= 11 is 1.88. The van der Waals surface area contributed by atoms with Gasteiger partial charge >= 0.3 is 0 Å². The first-order chi connectivity index (χ1) is 9.34. The third-order valence-corrected chi connectivity index (χ3v) is 5.54. The van der Waals surface area contributed by atoms with Crippen LogP contribution in [-0.4, -0.2) is 23.5 Å². The average Bonchev–Trinajstić information content (AvgIpc) is 2.90. The van der Waals surface area contributed by atoms with Gasteiger partial charge in [-0.15, -0.1) is 11.8 Å². The average molecular weight is 275 g/mol. The Labute approximate surface area is 119 Å². The SMILES string of the molecule is O=C(CSC1CCCCC1)N1CCc2ccccc21. The van der Waals surface area contributed by atoms with Gasteiger partial charge in [-0.25, -0.2) is 0 Å². The van der Waals surface area contributed by atoms with Crippen molar-refractivity contribution in [1.82, 2.24) is 0 Å². The summed E-state index contributed by atoms with van der Waals surface area (Å²) in [5, 5.41) is 0.718. The number of rotatable bonds is 3. The monoisotopic (exact) mass is 275 g/mol. The minimum atomic E-state index is 0.292. The minimum absolute atomic E-state index is 0.292. The third kappa shape index (κ3) is 2.97. The van der Waals surface area contributed by atoms with Gasteiger partial charge < -0.3 is 4.90 Å². The summed E-state index contributed by atoms with van der Waals surface area (Å²) in [5.74, 6) is 0.944. The van der Waals surface area contributed by atoms with E-state index in [2.05, 4.69) is 18.2 Å². The number of benzene rings is 1. The van der Waals surface area contributed by atoms with Crippen molar-refractivity contribution in [3.05, 3.63) is 29.8 Å². The normalized spacial score (nSPS) is 19.5. The Hall–Kier alpha value is -0.960. The highest BCUT2D eigenvalue weighted by atomic mass is 32.2. The van der Waals surface area contributed by atoms with Crippen molar-refractivity contribution < 1.29 is 4.79 Å². The van der Waals surface area contributed by atoms with E-state index in [9.17, 15) is 4.79 Å². The first kappa shape index (κ1) is 13.0. The smallest absolute Gasteiger partial charge is 0.237 e. The molecule has 0 bridgehead atoms. The fourth-order valence-electron chi connectivity index (χ4n) is 3.10. The zero-order valence-corrected chi connectivity index (χ0v) is 12.1. The predicted molar refractivity (Wildman–Crippen MR) is 81.8 cm³/mol. The van der Waals surface area contributed by atoms with Crippen LogP contribution in [0.4, 0.5) is 5.69 Å². The molecule has 0 N–H and O–H groups in total. The van der Waals surface area contributed by atoms with E-state index in [1.807, 2.05) is 22.7 Å². The summed E-state index contributed by atoms with van der Waals surface area (Å²) in [6.45, 7) is 0.864. The van der Waals surface area contributed by atoms with Crippen molar-refractivity contribution >= 4 is 23.4 Å². The fraction of sp³-hybridized carbons (Fsp3) is 0.562. The van der Waals surface area contributed by atoms with Gasteiger partial charge in [0.2, 0.25) is 5.91 Å². The molecule has 1 aliphatic heterocycles. The maximum absolute atomic E-state index is 12.4. The number of carbonyl (C=O) groups excluding carboxylic acids is 1. The number of para-hydroxylation sites is 1. The maximum atomic E-state index is 12.4. The Morgan fingerprint density at radius 1 is 1.21 bits per heavy atom. The van der Waals surface area contributed by atoms with E-state index in [-0.39, 0.29) is 0 Å². The standard InChI is InChI=1S/C16H21NOS/c18-16(12-19-14-7-2-1-3-8-14)17-11-10-13-6-4-5-9-15(13)17/h4-6,9,14H,1-3,7-8,10-12H2. The lowest BCUT2D eigenvalue weighted by atomic mass is 10.0. The second kappa shape index (κ2) is 6.00. The number of nitrogens with zero attached hydrogens (tertiary/aromatic N) is 1. The van der Waals surface area contributed by atoms with Gasteiger partial charge in [-0.3, -0.25) is 4.79 Å². The van der Waals surface area contributed by atoms with Gasteiger partial charge in [0.1, 0.15) is 0 Å². The summed E-state index contributed by atoms with van der Waals surface area (Å²) in [5.41, 5.74) is 2.45. The molecular weight excluding hydrogens is 254 g/mol. The van der Waals surface area contributed by atoms with Gasteiger partial charge in [0.05, 0.1) is 5.75 Å². The molecule has 0 unspecified atom stereocenters. The predicted octanol–water partition coefficient (Wildman–Crippen LogP) is 3.64. The maximum Gasteiger partial charge on any atom is 0.237 e. The second-order valence-electron chi connectivity index (χ2n) is 5.50. The number of fused-ring (bicyclic) bond motifs is 1. The van der Waals surface area contributed by atoms with Crippen molar-refractivity contribution in [1.29, 1.82) is 0 Å². The Morgan fingerprint density at radius 2 is 2.00 bits per heavy atom. The summed E-state index contributed by atoms with van der Waals surface area (Å²) in [6, 6.07) is 8.30. The summed E-state index contributed by atoms with van der Waals surface area (Å²) in [6.07, 6.45) is 7.68. The molecule has 3 rings (SSSR count). The molecule has 1 aromatic carbocycles. The van der Waals surface area contributed by atoms with E-state index < -0.39 is 0 Å². The summed E-state index contributed by atoms with van der Waals surface area (Å²) < 4.78 is 0. The van der Waals surface area contributed by atoms with Crippen LogP contribution in [0.2, 0.25) is 0 Å². The van der Waals surface area contributed by atoms with E-state index in [1.54, 1.807) is 0 Å². The molecule has 0 radical (unpaired) electrons. The Balaban J connectivity index is 1.56. The van der Waals surface area contributed by atoms with Crippen LogP contribution in [0.1, 0.15) is 37.7 Å². The largest absolute Gasteiger partial charge is 0.311 e. The minimum Gasteiger partial charge on any atom is -0.311 e. The number of hydrogen-bond acceptors (Lipinski definition) is 2. The summed E-state index contributed by atoms with van der Waals surface area (Å²) in [7, 11) is 0. The Kier molecular flexibility index (Phi) is 4.12. The fourth-order valence-corrected chi connectivity index (χ4v) is 4.30. The molecule has 3 heteroatoms. The van der Waals surface area contributed by atoms with E-state index in [4.69, 9.17) is 0 Å². The van der Waals surface area contributed by atoms with Crippen LogP contribution in [0.3, 0.4) is 0 Å². The number of carbonyl (C=O) groups is 1. The number of anilines is 1. The zero-order valence-electron chi connectivity index (χ0n) is 11.3. The van der Waals surface area contributed by atoms with Gasteiger partial charge in [0.15, 0.2) is 0 Å². The van der Waals surface area contributed by atoms with Crippen molar-refractivity contribution in [2.45, 2.75) is 43.8 Å². The lowest BCUT2D eigenvalue weighted by molar-refractivity contribution is -0.116. The lowest BCUT2D eigenvalue weighted by Crippen LogP contribution is -2.31. The highest BCUT2D eigenvalue weighted by Gasteiger charge is 2.25. The van der Waals surface area contributed by atoms with E-state index in [0.29, 0.717) is 11.7 Å².